The second kappa shape index (κ2) is 6.33. The molecule has 100 valence electrons. The van der Waals surface area contributed by atoms with Crippen LogP contribution < -0.4 is 4.74 Å². The van der Waals surface area contributed by atoms with Crippen molar-refractivity contribution in [1.82, 2.24) is 0 Å². The predicted octanol–water partition coefficient (Wildman–Crippen LogP) is 4.15. The topological polar surface area (TPSA) is 29.5 Å². The first kappa shape index (κ1) is 14.3. The van der Waals surface area contributed by atoms with Crippen molar-refractivity contribution in [2.45, 2.75) is 11.0 Å². The molecule has 4 heteroatoms. The Morgan fingerprint density at radius 3 is 2.42 bits per heavy atom. The third kappa shape index (κ3) is 3.24. The second-order valence-corrected chi connectivity index (χ2v) is 5.38. The standard InChI is InChI=1S/C15H15ClO2S/c1-18-14-8-5-11(16)9-13(14)15(17)10-3-6-12(19-2)7-4-10/h3-9,15,17H,1-2H3. The molecule has 0 fully saturated rings. The quantitative estimate of drug-likeness (QED) is 0.859. The van der Waals surface area contributed by atoms with E-state index in [2.05, 4.69) is 0 Å². The van der Waals surface area contributed by atoms with Gasteiger partial charge < -0.3 is 9.84 Å². The minimum Gasteiger partial charge on any atom is -0.496 e. The third-order valence-corrected chi connectivity index (χ3v) is 3.90. The lowest BCUT2D eigenvalue weighted by Gasteiger charge is -2.15. The van der Waals surface area contributed by atoms with Gasteiger partial charge in [0.1, 0.15) is 11.9 Å². The number of hydrogen-bond acceptors (Lipinski definition) is 3. The molecule has 1 N–H and O–H groups in total. The van der Waals surface area contributed by atoms with Crippen LogP contribution in [-0.4, -0.2) is 18.5 Å². The summed E-state index contributed by atoms with van der Waals surface area (Å²) in [5.41, 5.74) is 1.49. The van der Waals surface area contributed by atoms with Crippen molar-refractivity contribution in [2.24, 2.45) is 0 Å². The van der Waals surface area contributed by atoms with Crippen LogP contribution in [0.1, 0.15) is 17.2 Å². The molecule has 0 aromatic heterocycles. The third-order valence-electron chi connectivity index (χ3n) is 2.92. The molecule has 2 nitrogen and oxygen atoms in total. The minimum atomic E-state index is -0.746. The monoisotopic (exact) mass is 294 g/mol. The molecule has 0 radical (unpaired) electrons. The van der Waals surface area contributed by atoms with Gasteiger partial charge in [-0.1, -0.05) is 23.7 Å². The molecule has 0 saturated carbocycles. The number of rotatable bonds is 4. The summed E-state index contributed by atoms with van der Waals surface area (Å²) in [6.45, 7) is 0. The number of hydrogen-bond donors (Lipinski definition) is 1. The van der Waals surface area contributed by atoms with Gasteiger partial charge in [0, 0.05) is 15.5 Å². The summed E-state index contributed by atoms with van der Waals surface area (Å²) in [6, 6.07) is 13.0. The van der Waals surface area contributed by atoms with Crippen LogP contribution in [-0.2, 0) is 0 Å². The van der Waals surface area contributed by atoms with E-state index in [0.717, 1.165) is 10.5 Å². The van der Waals surface area contributed by atoms with E-state index in [1.54, 1.807) is 37.1 Å². The largest absolute Gasteiger partial charge is 0.496 e. The smallest absolute Gasteiger partial charge is 0.125 e. The summed E-state index contributed by atoms with van der Waals surface area (Å²) >= 11 is 7.65. The Hall–Kier alpha value is -1.16. The lowest BCUT2D eigenvalue weighted by Crippen LogP contribution is -2.02. The van der Waals surface area contributed by atoms with Crippen molar-refractivity contribution in [2.75, 3.05) is 13.4 Å². The molecule has 2 aromatic rings. The summed E-state index contributed by atoms with van der Waals surface area (Å²) in [7, 11) is 1.58. The van der Waals surface area contributed by atoms with Gasteiger partial charge in [0.2, 0.25) is 0 Å². The van der Waals surface area contributed by atoms with Crippen LogP contribution in [0.25, 0.3) is 0 Å². The van der Waals surface area contributed by atoms with Gasteiger partial charge in [-0.05, 0) is 42.2 Å². The SMILES string of the molecule is COc1ccc(Cl)cc1C(O)c1ccc(SC)cc1. The molecule has 0 aliphatic carbocycles. The Bertz CT molecular complexity index is 555. The Morgan fingerprint density at radius 2 is 1.84 bits per heavy atom. The van der Waals surface area contributed by atoms with Crippen LogP contribution in [0.5, 0.6) is 5.75 Å². The first-order valence-corrected chi connectivity index (χ1v) is 7.41. The molecular weight excluding hydrogens is 280 g/mol. The van der Waals surface area contributed by atoms with Gasteiger partial charge in [-0.25, -0.2) is 0 Å². The highest BCUT2D eigenvalue weighted by molar-refractivity contribution is 7.98. The van der Waals surface area contributed by atoms with Crippen LogP contribution >= 0.6 is 23.4 Å². The zero-order chi connectivity index (χ0) is 13.8. The van der Waals surface area contributed by atoms with Gasteiger partial charge >= 0.3 is 0 Å². The van der Waals surface area contributed by atoms with Crippen LogP contribution in [0.15, 0.2) is 47.4 Å². The van der Waals surface area contributed by atoms with Crippen LogP contribution in [0.3, 0.4) is 0 Å². The van der Waals surface area contributed by atoms with Gasteiger partial charge in [-0.3, -0.25) is 0 Å². The molecule has 0 bridgehead atoms. The van der Waals surface area contributed by atoms with Gasteiger partial charge in [0.15, 0.2) is 0 Å². The fourth-order valence-electron chi connectivity index (χ4n) is 1.88. The maximum atomic E-state index is 10.4. The van der Waals surface area contributed by atoms with E-state index in [0.29, 0.717) is 16.3 Å². The normalized spacial score (nSPS) is 12.2. The van der Waals surface area contributed by atoms with E-state index in [-0.39, 0.29) is 0 Å². The number of halogens is 1. The molecule has 0 heterocycles. The van der Waals surface area contributed by atoms with Gasteiger partial charge in [0.05, 0.1) is 7.11 Å². The molecule has 0 aliphatic heterocycles. The first-order chi connectivity index (χ1) is 9.15. The van der Waals surface area contributed by atoms with Crippen molar-refractivity contribution in [3.63, 3.8) is 0 Å². The number of benzene rings is 2. The summed E-state index contributed by atoms with van der Waals surface area (Å²) < 4.78 is 5.27. The highest BCUT2D eigenvalue weighted by atomic mass is 35.5. The summed E-state index contributed by atoms with van der Waals surface area (Å²) in [5, 5.41) is 11.0. The van der Waals surface area contributed by atoms with E-state index in [1.165, 1.54) is 0 Å². The molecule has 0 saturated heterocycles. The fraction of sp³-hybridized carbons (Fsp3) is 0.200. The molecule has 19 heavy (non-hydrogen) atoms. The van der Waals surface area contributed by atoms with Crippen LogP contribution in [0.2, 0.25) is 5.02 Å². The number of aliphatic hydroxyl groups excluding tert-OH is 1. The molecule has 2 aromatic carbocycles. The lowest BCUT2D eigenvalue weighted by molar-refractivity contribution is 0.214. The predicted molar refractivity (Wildman–Crippen MR) is 80.3 cm³/mol. The number of methoxy groups -OCH3 is 1. The van der Waals surface area contributed by atoms with Gasteiger partial charge in [0.25, 0.3) is 0 Å². The zero-order valence-corrected chi connectivity index (χ0v) is 12.3. The highest BCUT2D eigenvalue weighted by Crippen LogP contribution is 2.32. The average molecular weight is 295 g/mol. The Kier molecular flexibility index (Phi) is 4.75. The van der Waals surface area contributed by atoms with Crippen molar-refractivity contribution in [3.05, 3.63) is 58.6 Å². The van der Waals surface area contributed by atoms with E-state index in [1.807, 2.05) is 30.5 Å². The maximum absolute atomic E-state index is 10.4. The summed E-state index contributed by atoms with van der Waals surface area (Å²) in [4.78, 5) is 1.16. The van der Waals surface area contributed by atoms with Crippen molar-refractivity contribution < 1.29 is 9.84 Å². The Balaban J connectivity index is 2.36. The van der Waals surface area contributed by atoms with Crippen molar-refractivity contribution >= 4 is 23.4 Å². The van der Waals surface area contributed by atoms with E-state index in [9.17, 15) is 5.11 Å². The zero-order valence-electron chi connectivity index (χ0n) is 10.8. The van der Waals surface area contributed by atoms with Crippen LogP contribution in [0.4, 0.5) is 0 Å². The number of ether oxygens (including phenoxy) is 1. The molecule has 0 spiro atoms. The summed E-state index contributed by atoms with van der Waals surface area (Å²) in [6.07, 6.45) is 1.27. The first-order valence-electron chi connectivity index (χ1n) is 5.81. The van der Waals surface area contributed by atoms with E-state index < -0.39 is 6.10 Å². The van der Waals surface area contributed by atoms with Crippen LogP contribution in [0, 0.1) is 0 Å². The lowest BCUT2D eigenvalue weighted by atomic mass is 10.0. The molecule has 1 atom stereocenters. The van der Waals surface area contributed by atoms with Gasteiger partial charge in [-0.15, -0.1) is 11.8 Å². The van der Waals surface area contributed by atoms with Gasteiger partial charge in [-0.2, -0.15) is 0 Å². The Morgan fingerprint density at radius 1 is 1.16 bits per heavy atom. The molecule has 2 rings (SSSR count). The second-order valence-electron chi connectivity index (χ2n) is 4.06. The molecule has 1 unspecified atom stereocenters. The number of thioether (sulfide) groups is 1. The minimum absolute atomic E-state index is 0.579. The van der Waals surface area contributed by atoms with Crippen molar-refractivity contribution in [1.29, 1.82) is 0 Å². The highest BCUT2D eigenvalue weighted by Gasteiger charge is 2.15. The Labute approximate surface area is 122 Å². The average Bonchev–Trinajstić information content (AvgIpc) is 2.46. The number of aliphatic hydroxyl groups is 1. The van der Waals surface area contributed by atoms with E-state index in [4.69, 9.17) is 16.3 Å². The van der Waals surface area contributed by atoms with Crippen molar-refractivity contribution in [3.8, 4) is 5.75 Å². The molecule has 0 aliphatic rings. The summed E-state index contributed by atoms with van der Waals surface area (Å²) in [5.74, 6) is 0.630. The maximum Gasteiger partial charge on any atom is 0.125 e. The fourth-order valence-corrected chi connectivity index (χ4v) is 2.47. The molecule has 0 amide bonds. The van der Waals surface area contributed by atoms with E-state index >= 15 is 0 Å². The molecular formula is C15H15ClO2S.